The molecule has 0 radical (unpaired) electrons. The zero-order valence-corrected chi connectivity index (χ0v) is 15.4. The maximum Gasteiger partial charge on any atom is 0.269 e. The van der Waals surface area contributed by atoms with E-state index in [0.29, 0.717) is 18.2 Å². The van der Waals surface area contributed by atoms with Crippen molar-refractivity contribution in [3.8, 4) is 11.3 Å². The third-order valence-electron chi connectivity index (χ3n) is 4.31. The minimum atomic E-state index is -0.434. The molecule has 0 fully saturated rings. The van der Waals surface area contributed by atoms with Gasteiger partial charge in [0.1, 0.15) is 5.69 Å². The van der Waals surface area contributed by atoms with Crippen molar-refractivity contribution in [1.82, 2.24) is 25.3 Å². The number of hydrogen-bond donors (Lipinski definition) is 3. The maximum absolute atomic E-state index is 12.6. The van der Waals surface area contributed by atoms with Gasteiger partial charge in [0, 0.05) is 24.8 Å². The largest absolute Gasteiger partial charge is 0.344 e. The fourth-order valence-corrected chi connectivity index (χ4v) is 3.14. The third kappa shape index (κ3) is 3.67. The number of aryl methyl sites for hydroxylation is 2. The minimum absolute atomic E-state index is 0.193. The van der Waals surface area contributed by atoms with Gasteiger partial charge in [-0.3, -0.25) is 14.6 Å². The summed E-state index contributed by atoms with van der Waals surface area (Å²) < 4.78 is 1.81. The lowest BCUT2D eigenvalue weighted by Crippen LogP contribution is -2.52. The molecule has 0 aromatic carbocycles. The summed E-state index contributed by atoms with van der Waals surface area (Å²) in [6.45, 7) is 10.5. The first kappa shape index (κ1) is 18.2. The van der Waals surface area contributed by atoms with Crippen LogP contribution in [0.2, 0.25) is 0 Å². The SMILES string of the molecule is Cc1nn(C)c(C)c1-c1cc(C(=O)NC(C)(CN)CC(C)C)[nH]n1. The van der Waals surface area contributed by atoms with Gasteiger partial charge in [0.15, 0.2) is 0 Å². The number of nitrogens with one attached hydrogen (secondary N) is 2. The van der Waals surface area contributed by atoms with Gasteiger partial charge in [-0.05, 0) is 39.2 Å². The van der Waals surface area contributed by atoms with E-state index >= 15 is 0 Å². The van der Waals surface area contributed by atoms with Crippen LogP contribution in [-0.4, -0.2) is 38.0 Å². The Morgan fingerprint density at radius 3 is 2.62 bits per heavy atom. The van der Waals surface area contributed by atoms with Gasteiger partial charge in [0.05, 0.1) is 16.9 Å². The first-order valence-electron chi connectivity index (χ1n) is 8.25. The molecule has 0 aliphatic carbocycles. The number of amides is 1. The molecular formula is C17H28N6O. The molecule has 0 aliphatic heterocycles. The lowest BCUT2D eigenvalue weighted by molar-refractivity contribution is 0.0893. The molecule has 0 spiro atoms. The number of carbonyl (C=O) groups excluding carboxylic acids is 1. The van der Waals surface area contributed by atoms with E-state index in [4.69, 9.17) is 5.73 Å². The van der Waals surface area contributed by atoms with E-state index in [1.54, 1.807) is 6.07 Å². The summed E-state index contributed by atoms with van der Waals surface area (Å²) in [6.07, 6.45) is 0.817. The van der Waals surface area contributed by atoms with E-state index in [1.165, 1.54) is 0 Å². The molecule has 0 saturated heterocycles. The second-order valence-electron chi connectivity index (χ2n) is 7.15. The number of nitrogens with two attached hydrogens (primary N) is 1. The lowest BCUT2D eigenvalue weighted by atomic mass is 9.90. The Labute approximate surface area is 143 Å². The van der Waals surface area contributed by atoms with E-state index in [1.807, 2.05) is 32.5 Å². The molecule has 1 amide bonds. The molecule has 2 aromatic heterocycles. The Morgan fingerprint density at radius 1 is 1.46 bits per heavy atom. The van der Waals surface area contributed by atoms with Gasteiger partial charge in [0.2, 0.25) is 0 Å². The Bertz CT molecular complexity index is 730. The van der Waals surface area contributed by atoms with Crippen LogP contribution in [0.15, 0.2) is 6.07 Å². The summed E-state index contributed by atoms with van der Waals surface area (Å²) in [7, 11) is 1.89. The van der Waals surface area contributed by atoms with Crippen molar-refractivity contribution < 1.29 is 4.79 Å². The van der Waals surface area contributed by atoms with E-state index in [0.717, 1.165) is 29.1 Å². The van der Waals surface area contributed by atoms with Gasteiger partial charge in [-0.15, -0.1) is 0 Å². The van der Waals surface area contributed by atoms with Gasteiger partial charge in [-0.1, -0.05) is 13.8 Å². The van der Waals surface area contributed by atoms with Crippen LogP contribution >= 0.6 is 0 Å². The molecule has 0 aliphatic rings. The molecule has 4 N–H and O–H groups in total. The summed E-state index contributed by atoms with van der Waals surface area (Å²) in [5, 5.41) is 14.5. The normalized spacial score (nSPS) is 14.0. The van der Waals surface area contributed by atoms with Crippen molar-refractivity contribution in [2.75, 3.05) is 6.54 Å². The smallest absolute Gasteiger partial charge is 0.269 e. The van der Waals surface area contributed by atoms with E-state index < -0.39 is 5.54 Å². The van der Waals surface area contributed by atoms with Crippen LogP contribution < -0.4 is 11.1 Å². The van der Waals surface area contributed by atoms with Gasteiger partial charge >= 0.3 is 0 Å². The molecular weight excluding hydrogens is 304 g/mol. The van der Waals surface area contributed by atoms with Gasteiger partial charge in [0.25, 0.3) is 5.91 Å². The molecule has 24 heavy (non-hydrogen) atoms. The fourth-order valence-electron chi connectivity index (χ4n) is 3.14. The van der Waals surface area contributed by atoms with Gasteiger partial charge in [-0.25, -0.2) is 0 Å². The van der Waals surface area contributed by atoms with E-state index in [9.17, 15) is 4.79 Å². The monoisotopic (exact) mass is 332 g/mol. The average Bonchev–Trinajstić information content (AvgIpc) is 3.04. The summed E-state index contributed by atoms with van der Waals surface area (Å²) in [6, 6.07) is 1.76. The molecule has 7 heteroatoms. The number of aromatic amines is 1. The Balaban J connectivity index is 2.22. The highest BCUT2D eigenvalue weighted by molar-refractivity contribution is 5.94. The molecule has 2 aromatic rings. The molecule has 0 bridgehead atoms. The van der Waals surface area contributed by atoms with Crippen LogP contribution in [-0.2, 0) is 7.05 Å². The first-order chi connectivity index (χ1) is 11.2. The standard InChI is InChI=1S/C17H28N6O/c1-10(2)8-17(5,9-18)19-16(24)14-7-13(20-21-14)15-11(3)22-23(6)12(15)4/h7,10H,8-9,18H2,1-6H3,(H,19,24)(H,20,21). The zero-order chi connectivity index (χ0) is 18.1. The Morgan fingerprint density at radius 2 is 2.12 bits per heavy atom. The number of rotatable bonds is 6. The van der Waals surface area contributed by atoms with Gasteiger partial charge in [-0.2, -0.15) is 10.2 Å². The van der Waals surface area contributed by atoms with Crippen molar-refractivity contribution in [2.24, 2.45) is 18.7 Å². The number of carbonyl (C=O) groups is 1. The highest BCUT2D eigenvalue weighted by Crippen LogP contribution is 2.25. The Kier molecular flexibility index (Phi) is 5.13. The highest BCUT2D eigenvalue weighted by atomic mass is 16.2. The fraction of sp³-hybridized carbons (Fsp3) is 0.588. The molecule has 132 valence electrons. The average molecular weight is 332 g/mol. The highest BCUT2D eigenvalue weighted by Gasteiger charge is 2.27. The minimum Gasteiger partial charge on any atom is -0.344 e. The predicted molar refractivity (Wildman–Crippen MR) is 94.6 cm³/mol. The lowest BCUT2D eigenvalue weighted by Gasteiger charge is -2.30. The van der Waals surface area contributed by atoms with Crippen molar-refractivity contribution >= 4 is 5.91 Å². The Hall–Kier alpha value is -2.15. The van der Waals surface area contributed by atoms with Crippen LogP contribution in [0.25, 0.3) is 11.3 Å². The molecule has 1 unspecified atom stereocenters. The number of nitrogens with zero attached hydrogens (tertiary/aromatic N) is 3. The predicted octanol–water partition coefficient (Wildman–Crippen LogP) is 1.92. The first-order valence-corrected chi connectivity index (χ1v) is 8.25. The van der Waals surface area contributed by atoms with Crippen molar-refractivity contribution in [3.05, 3.63) is 23.1 Å². The summed E-state index contributed by atoms with van der Waals surface area (Å²) in [5.41, 5.74) is 9.44. The number of aromatic nitrogens is 4. The van der Waals surface area contributed by atoms with Crippen LogP contribution in [0, 0.1) is 19.8 Å². The summed E-state index contributed by atoms with van der Waals surface area (Å²) in [5.74, 6) is 0.249. The van der Waals surface area contributed by atoms with Crippen molar-refractivity contribution in [2.45, 2.75) is 46.6 Å². The number of hydrogen-bond acceptors (Lipinski definition) is 4. The zero-order valence-electron chi connectivity index (χ0n) is 15.4. The third-order valence-corrected chi connectivity index (χ3v) is 4.31. The van der Waals surface area contributed by atoms with Gasteiger partial charge < -0.3 is 11.1 Å². The topological polar surface area (TPSA) is 102 Å². The van der Waals surface area contributed by atoms with E-state index in [2.05, 4.69) is 34.5 Å². The van der Waals surface area contributed by atoms with Crippen LogP contribution in [0.3, 0.4) is 0 Å². The summed E-state index contributed by atoms with van der Waals surface area (Å²) in [4.78, 5) is 12.6. The second kappa shape index (κ2) is 6.76. The summed E-state index contributed by atoms with van der Waals surface area (Å²) >= 11 is 0. The van der Waals surface area contributed by atoms with Crippen molar-refractivity contribution in [1.29, 1.82) is 0 Å². The number of H-pyrrole nitrogens is 1. The molecule has 2 rings (SSSR count). The van der Waals surface area contributed by atoms with Crippen molar-refractivity contribution in [3.63, 3.8) is 0 Å². The van der Waals surface area contributed by atoms with E-state index in [-0.39, 0.29) is 5.91 Å². The second-order valence-corrected chi connectivity index (χ2v) is 7.15. The molecule has 1 atom stereocenters. The molecule has 0 saturated carbocycles. The van der Waals surface area contributed by atoms with Crippen LogP contribution in [0.4, 0.5) is 0 Å². The quantitative estimate of drug-likeness (QED) is 0.752. The van der Waals surface area contributed by atoms with Crippen LogP contribution in [0.5, 0.6) is 0 Å². The van der Waals surface area contributed by atoms with Crippen LogP contribution in [0.1, 0.15) is 49.1 Å². The molecule has 2 heterocycles. The molecule has 7 nitrogen and oxygen atoms in total. The maximum atomic E-state index is 12.6.